The lowest BCUT2D eigenvalue weighted by Crippen LogP contribution is -2.47. The zero-order valence-corrected chi connectivity index (χ0v) is 25.6. The first-order chi connectivity index (χ1) is 21.0. The number of piperidine rings is 1. The molecule has 4 aromatic heterocycles. The third-order valence-corrected chi connectivity index (χ3v) is 8.35. The molecule has 0 aliphatic carbocycles. The second-order valence-corrected chi connectivity index (χ2v) is 11.5. The number of anilines is 1. The molecule has 0 radical (unpaired) electrons. The second kappa shape index (κ2) is 12.6. The van der Waals surface area contributed by atoms with Crippen molar-refractivity contribution >= 4 is 35.6 Å². The fourth-order valence-electron chi connectivity index (χ4n) is 5.84. The molecule has 0 saturated carbocycles. The van der Waals surface area contributed by atoms with Gasteiger partial charge in [-0.05, 0) is 43.5 Å². The van der Waals surface area contributed by atoms with Crippen LogP contribution in [-0.2, 0) is 13.6 Å². The summed E-state index contributed by atoms with van der Waals surface area (Å²) >= 11 is 0. The summed E-state index contributed by atoms with van der Waals surface area (Å²) in [5, 5.41) is 12.8. The molecule has 2 aliphatic rings. The van der Waals surface area contributed by atoms with Crippen molar-refractivity contribution in [2.24, 2.45) is 13.0 Å². The molecule has 5 aromatic rings. The van der Waals surface area contributed by atoms with Crippen molar-refractivity contribution in [2.45, 2.75) is 19.4 Å². The molecule has 0 N–H and O–H groups in total. The van der Waals surface area contributed by atoms with Crippen LogP contribution in [0, 0.1) is 5.92 Å². The first-order valence-corrected chi connectivity index (χ1v) is 14.7. The predicted octanol–water partition coefficient (Wildman–Crippen LogP) is 2.80. The van der Waals surface area contributed by atoms with Gasteiger partial charge in [-0.25, -0.2) is 24.6 Å². The van der Waals surface area contributed by atoms with E-state index >= 15 is 0 Å². The fourth-order valence-corrected chi connectivity index (χ4v) is 5.84. The Morgan fingerprint density at radius 1 is 0.886 bits per heavy atom. The highest BCUT2D eigenvalue weighted by Gasteiger charge is 2.24. The van der Waals surface area contributed by atoms with Gasteiger partial charge in [-0.15, -0.1) is 17.5 Å². The lowest BCUT2D eigenvalue weighted by molar-refractivity contribution is 0.0664. The molecule has 0 bridgehead atoms. The molecule has 2 aliphatic heterocycles. The molecule has 6 heterocycles. The van der Waals surface area contributed by atoms with Crippen molar-refractivity contribution in [1.29, 1.82) is 0 Å². The minimum Gasteiger partial charge on any atom is -0.340 e. The number of piperazine rings is 1. The first-order valence-electron chi connectivity index (χ1n) is 14.7. The van der Waals surface area contributed by atoms with E-state index in [0.29, 0.717) is 29.3 Å². The zero-order valence-electron chi connectivity index (χ0n) is 24.8. The smallest absolute Gasteiger partial charge is 0.253 e. The van der Waals surface area contributed by atoms with E-state index in [1.54, 1.807) is 17.1 Å². The number of hydrogen-bond donors (Lipinski definition) is 0. The van der Waals surface area contributed by atoms with E-state index in [2.05, 4.69) is 37.2 Å². The standard InChI is InChI=1S/C30H34N12O.ClH/c1-38-10-12-40(13-11-38)29(43)23-7-5-22(6-8-23)24-14-32-30(33-15-24)41-9-3-4-21(18-41)19-42-28-27(36-37-42)31-17-26(35-28)25-16-34-39(2)20-25;/h5-8,14-17,20-21H,3-4,9-13,18-19H2,1-2H3;1H. The van der Waals surface area contributed by atoms with Gasteiger partial charge in [0.2, 0.25) is 11.6 Å². The molecule has 1 amide bonds. The summed E-state index contributed by atoms with van der Waals surface area (Å²) < 4.78 is 3.61. The molecule has 2 fully saturated rings. The number of nitrogens with zero attached hydrogens (tertiary/aromatic N) is 12. The van der Waals surface area contributed by atoms with Crippen LogP contribution in [0.2, 0.25) is 0 Å². The third-order valence-electron chi connectivity index (χ3n) is 8.35. The molecule has 0 spiro atoms. The fraction of sp³-hybridized carbons (Fsp3) is 0.400. The Bertz CT molecular complexity index is 1730. The molecule has 1 aromatic carbocycles. The number of carbonyl (C=O) groups is 1. The number of benzene rings is 1. The highest BCUT2D eigenvalue weighted by molar-refractivity contribution is 5.94. The van der Waals surface area contributed by atoms with Gasteiger partial charge in [-0.1, -0.05) is 17.3 Å². The monoisotopic (exact) mass is 614 g/mol. The molecule has 44 heavy (non-hydrogen) atoms. The highest BCUT2D eigenvalue weighted by Crippen LogP contribution is 2.25. The van der Waals surface area contributed by atoms with Crippen molar-refractivity contribution in [3.8, 4) is 22.4 Å². The van der Waals surface area contributed by atoms with E-state index in [4.69, 9.17) is 15.0 Å². The number of rotatable bonds is 6. The van der Waals surface area contributed by atoms with Crippen LogP contribution in [0.5, 0.6) is 0 Å². The highest BCUT2D eigenvalue weighted by atomic mass is 35.5. The summed E-state index contributed by atoms with van der Waals surface area (Å²) in [6.45, 7) is 5.76. The van der Waals surface area contributed by atoms with E-state index in [-0.39, 0.29) is 18.3 Å². The summed E-state index contributed by atoms with van der Waals surface area (Å²) in [6.07, 6.45) is 11.2. The van der Waals surface area contributed by atoms with E-state index < -0.39 is 0 Å². The average molecular weight is 615 g/mol. The van der Waals surface area contributed by atoms with Crippen molar-refractivity contribution in [1.82, 2.24) is 54.5 Å². The summed E-state index contributed by atoms with van der Waals surface area (Å²) in [5.41, 5.74) is 5.50. The van der Waals surface area contributed by atoms with Crippen LogP contribution in [0.25, 0.3) is 33.7 Å². The number of amides is 1. The van der Waals surface area contributed by atoms with Gasteiger partial charge < -0.3 is 14.7 Å². The molecule has 1 atom stereocenters. The van der Waals surface area contributed by atoms with Gasteiger partial charge in [0.1, 0.15) is 0 Å². The lowest BCUT2D eigenvalue weighted by atomic mass is 9.98. The van der Waals surface area contributed by atoms with Crippen LogP contribution in [0.15, 0.2) is 55.2 Å². The van der Waals surface area contributed by atoms with Gasteiger partial charge in [-0.3, -0.25) is 9.48 Å². The number of halogens is 1. The largest absolute Gasteiger partial charge is 0.340 e. The quantitative estimate of drug-likeness (QED) is 0.282. The van der Waals surface area contributed by atoms with Crippen LogP contribution in [0.4, 0.5) is 5.95 Å². The summed E-state index contributed by atoms with van der Waals surface area (Å²) in [6, 6.07) is 7.75. The predicted molar refractivity (Wildman–Crippen MR) is 168 cm³/mol. The van der Waals surface area contributed by atoms with Crippen LogP contribution in [-0.4, -0.2) is 107 Å². The van der Waals surface area contributed by atoms with E-state index in [1.165, 1.54) is 0 Å². The number of hydrogen-bond acceptors (Lipinski definition) is 10. The maximum atomic E-state index is 12.9. The van der Waals surface area contributed by atoms with Crippen LogP contribution >= 0.6 is 12.4 Å². The van der Waals surface area contributed by atoms with E-state index in [0.717, 1.165) is 80.4 Å². The molecule has 14 heteroatoms. The summed E-state index contributed by atoms with van der Waals surface area (Å²) in [4.78, 5) is 38.0. The van der Waals surface area contributed by atoms with Gasteiger partial charge >= 0.3 is 0 Å². The average Bonchev–Trinajstić information content (AvgIpc) is 3.67. The molecule has 228 valence electrons. The van der Waals surface area contributed by atoms with Gasteiger partial charge in [0, 0.05) is 88.1 Å². The molecule has 13 nitrogen and oxygen atoms in total. The van der Waals surface area contributed by atoms with Gasteiger partial charge in [0.25, 0.3) is 5.91 Å². The van der Waals surface area contributed by atoms with Crippen molar-refractivity contribution in [3.05, 3.63) is 60.8 Å². The summed E-state index contributed by atoms with van der Waals surface area (Å²) in [5.74, 6) is 1.15. The Labute approximate surface area is 261 Å². The first kappa shape index (κ1) is 29.6. The molecular formula is C30H35ClN12O. The molecule has 7 rings (SSSR count). The number of carbonyl (C=O) groups excluding carboxylic acids is 1. The Morgan fingerprint density at radius 3 is 2.39 bits per heavy atom. The van der Waals surface area contributed by atoms with Crippen molar-refractivity contribution < 1.29 is 4.79 Å². The topological polar surface area (TPSA) is 127 Å². The molecule has 1 unspecified atom stereocenters. The SMILES string of the molecule is CN1CCN(C(=O)c2ccc(-c3cnc(N4CCCC(Cn5nnc6ncc(-c7cnn(C)c7)nc65)C4)nc3)cc2)CC1.Cl. The zero-order chi connectivity index (χ0) is 29.3. The van der Waals surface area contributed by atoms with E-state index in [9.17, 15) is 4.79 Å². The normalized spacial score (nSPS) is 17.5. The Morgan fingerprint density at radius 2 is 1.66 bits per heavy atom. The minimum absolute atomic E-state index is 0. The third kappa shape index (κ3) is 6.10. The van der Waals surface area contributed by atoms with Gasteiger partial charge in [0.15, 0.2) is 5.65 Å². The Hall–Kier alpha value is -4.49. The van der Waals surface area contributed by atoms with Gasteiger partial charge in [0.05, 0.1) is 18.1 Å². The Kier molecular flexibility index (Phi) is 8.49. The van der Waals surface area contributed by atoms with Crippen LogP contribution in [0.3, 0.4) is 0 Å². The Balaban J connectivity index is 0.00000343. The molecular weight excluding hydrogens is 580 g/mol. The van der Waals surface area contributed by atoms with Crippen LogP contribution in [0.1, 0.15) is 23.2 Å². The van der Waals surface area contributed by atoms with E-state index in [1.807, 2.05) is 59.5 Å². The van der Waals surface area contributed by atoms with Gasteiger partial charge in [-0.2, -0.15) is 5.10 Å². The maximum Gasteiger partial charge on any atom is 0.253 e. The number of likely N-dealkylation sites (N-methyl/N-ethyl adjacent to an activating group) is 1. The number of aryl methyl sites for hydroxylation is 1. The second-order valence-electron chi connectivity index (χ2n) is 11.5. The minimum atomic E-state index is 0. The van der Waals surface area contributed by atoms with Crippen LogP contribution < -0.4 is 4.90 Å². The number of fused-ring (bicyclic) bond motifs is 1. The maximum absolute atomic E-state index is 12.9. The van der Waals surface area contributed by atoms with Crippen molar-refractivity contribution in [3.63, 3.8) is 0 Å². The van der Waals surface area contributed by atoms with Crippen molar-refractivity contribution in [2.75, 3.05) is 51.2 Å². The lowest BCUT2D eigenvalue weighted by Gasteiger charge is -2.32. The number of aromatic nitrogens is 9. The molecule has 2 saturated heterocycles. The summed E-state index contributed by atoms with van der Waals surface area (Å²) in [7, 11) is 3.97.